The van der Waals surface area contributed by atoms with Crippen LogP contribution in [0.2, 0.25) is 0 Å². The standard InChI is InChI=1S/C24H18N2O3/c25-16-17-6-8-18(9-7-17)19-10-12-20(13-11-19)29-15-3-14-26-23(27)21-4-1-2-5-22(21)24(26)28/h1-2,4-13H,3,14-15H2. The maximum absolute atomic E-state index is 12.3. The van der Waals surface area contributed by atoms with Gasteiger partial charge < -0.3 is 4.74 Å². The number of hydrogen-bond donors (Lipinski definition) is 0. The summed E-state index contributed by atoms with van der Waals surface area (Å²) in [4.78, 5) is 25.9. The number of imide groups is 1. The molecular weight excluding hydrogens is 364 g/mol. The van der Waals surface area contributed by atoms with Gasteiger partial charge in [-0.15, -0.1) is 0 Å². The first-order valence-electron chi connectivity index (χ1n) is 9.36. The third-order valence-corrected chi connectivity index (χ3v) is 4.87. The molecule has 3 aromatic carbocycles. The van der Waals surface area contributed by atoms with E-state index in [-0.39, 0.29) is 11.8 Å². The fourth-order valence-electron chi connectivity index (χ4n) is 3.34. The summed E-state index contributed by atoms with van der Waals surface area (Å²) in [6.45, 7) is 0.735. The van der Waals surface area contributed by atoms with Gasteiger partial charge in [-0.3, -0.25) is 14.5 Å². The van der Waals surface area contributed by atoms with E-state index in [4.69, 9.17) is 10.00 Å². The number of ether oxygens (including phenoxy) is 1. The summed E-state index contributed by atoms with van der Waals surface area (Å²) >= 11 is 0. The molecule has 5 nitrogen and oxygen atoms in total. The van der Waals surface area contributed by atoms with E-state index in [1.54, 1.807) is 36.4 Å². The van der Waals surface area contributed by atoms with Crippen LogP contribution in [0.1, 0.15) is 32.7 Å². The highest BCUT2D eigenvalue weighted by Gasteiger charge is 2.34. The Morgan fingerprint density at radius 2 is 1.34 bits per heavy atom. The van der Waals surface area contributed by atoms with Crippen LogP contribution >= 0.6 is 0 Å². The molecule has 3 aromatic rings. The van der Waals surface area contributed by atoms with E-state index < -0.39 is 0 Å². The van der Waals surface area contributed by atoms with E-state index in [9.17, 15) is 9.59 Å². The highest BCUT2D eigenvalue weighted by molar-refractivity contribution is 6.21. The molecule has 0 aromatic heterocycles. The van der Waals surface area contributed by atoms with Crippen molar-refractivity contribution in [3.8, 4) is 22.9 Å². The van der Waals surface area contributed by atoms with Gasteiger partial charge in [-0.1, -0.05) is 36.4 Å². The van der Waals surface area contributed by atoms with E-state index in [0.29, 0.717) is 36.3 Å². The van der Waals surface area contributed by atoms with Crippen LogP contribution in [0.3, 0.4) is 0 Å². The normalized spacial score (nSPS) is 12.6. The van der Waals surface area contributed by atoms with Crippen molar-refractivity contribution in [2.75, 3.05) is 13.2 Å². The van der Waals surface area contributed by atoms with Crippen molar-refractivity contribution < 1.29 is 14.3 Å². The number of benzene rings is 3. The predicted octanol–water partition coefficient (Wildman–Crippen LogP) is 4.29. The molecule has 29 heavy (non-hydrogen) atoms. The van der Waals surface area contributed by atoms with Gasteiger partial charge in [0.15, 0.2) is 0 Å². The van der Waals surface area contributed by atoms with E-state index in [2.05, 4.69) is 6.07 Å². The molecule has 5 heteroatoms. The van der Waals surface area contributed by atoms with E-state index in [0.717, 1.165) is 16.9 Å². The molecule has 0 saturated heterocycles. The lowest BCUT2D eigenvalue weighted by molar-refractivity contribution is 0.0647. The van der Waals surface area contributed by atoms with Crippen LogP contribution in [0.4, 0.5) is 0 Å². The molecule has 0 unspecified atom stereocenters. The minimum absolute atomic E-state index is 0.239. The Labute approximate surface area is 168 Å². The number of fused-ring (bicyclic) bond motifs is 1. The van der Waals surface area contributed by atoms with Crippen molar-refractivity contribution in [1.29, 1.82) is 5.26 Å². The van der Waals surface area contributed by atoms with Crippen molar-refractivity contribution in [1.82, 2.24) is 4.90 Å². The summed E-state index contributed by atoms with van der Waals surface area (Å²) in [5.41, 5.74) is 3.63. The van der Waals surface area contributed by atoms with Crippen LogP contribution in [0, 0.1) is 11.3 Å². The van der Waals surface area contributed by atoms with Crippen LogP contribution in [-0.2, 0) is 0 Å². The second kappa shape index (κ2) is 7.99. The van der Waals surface area contributed by atoms with Crippen molar-refractivity contribution in [2.45, 2.75) is 6.42 Å². The van der Waals surface area contributed by atoms with Crippen LogP contribution in [0.15, 0.2) is 72.8 Å². The van der Waals surface area contributed by atoms with Gasteiger partial charge in [-0.25, -0.2) is 0 Å². The summed E-state index contributed by atoms with van der Waals surface area (Å²) in [5.74, 6) is 0.250. The summed E-state index contributed by atoms with van der Waals surface area (Å²) in [6, 6.07) is 24.1. The molecule has 1 aliphatic heterocycles. The molecule has 0 atom stereocenters. The fraction of sp³-hybridized carbons (Fsp3) is 0.125. The topological polar surface area (TPSA) is 70.4 Å². The summed E-state index contributed by atoms with van der Waals surface area (Å²) in [7, 11) is 0. The maximum Gasteiger partial charge on any atom is 0.261 e. The molecule has 0 saturated carbocycles. The van der Waals surface area contributed by atoms with Gasteiger partial charge in [0.25, 0.3) is 11.8 Å². The highest BCUT2D eigenvalue weighted by Crippen LogP contribution is 2.24. The van der Waals surface area contributed by atoms with Crippen LogP contribution < -0.4 is 4.74 Å². The van der Waals surface area contributed by atoms with Crippen molar-refractivity contribution >= 4 is 11.8 Å². The zero-order valence-electron chi connectivity index (χ0n) is 15.7. The lowest BCUT2D eigenvalue weighted by Crippen LogP contribution is -2.31. The van der Waals surface area contributed by atoms with Crippen LogP contribution in [-0.4, -0.2) is 29.9 Å². The van der Waals surface area contributed by atoms with Gasteiger partial charge in [-0.05, 0) is 53.9 Å². The molecule has 4 rings (SSSR count). The average Bonchev–Trinajstić information content (AvgIpc) is 3.02. The monoisotopic (exact) mass is 382 g/mol. The first kappa shape index (κ1) is 18.5. The number of carbonyl (C=O) groups is 2. The summed E-state index contributed by atoms with van der Waals surface area (Å²) in [5, 5.41) is 8.88. The second-order valence-electron chi connectivity index (χ2n) is 6.72. The Morgan fingerprint density at radius 1 is 0.793 bits per heavy atom. The number of amides is 2. The molecule has 0 fully saturated rings. The smallest absolute Gasteiger partial charge is 0.261 e. The number of rotatable bonds is 6. The molecule has 0 N–H and O–H groups in total. The Balaban J connectivity index is 1.30. The van der Waals surface area contributed by atoms with Gasteiger partial charge in [0.2, 0.25) is 0 Å². The van der Waals surface area contributed by atoms with E-state index >= 15 is 0 Å². The Morgan fingerprint density at radius 3 is 1.90 bits per heavy atom. The molecule has 0 spiro atoms. The van der Waals surface area contributed by atoms with Gasteiger partial charge in [0.1, 0.15) is 5.75 Å². The number of hydrogen-bond acceptors (Lipinski definition) is 4. The Kier molecular flexibility index (Phi) is 5.08. The lowest BCUT2D eigenvalue weighted by Gasteiger charge is -2.14. The first-order chi connectivity index (χ1) is 14.2. The average molecular weight is 382 g/mol. The summed E-state index contributed by atoms with van der Waals surface area (Å²) in [6.07, 6.45) is 0.558. The molecule has 1 aliphatic rings. The van der Waals surface area contributed by atoms with E-state index in [1.165, 1.54) is 4.90 Å². The molecule has 0 aliphatic carbocycles. The number of carbonyl (C=O) groups excluding carboxylic acids is 2. The predicted molar refractivity (Wildman–Crippen MR) is 109 cm³/mol. The Hall–Kier alpha value is -3.91. The van der Waals surface area contributed by atoms with Gasteiger partial charge in [0.05, 0.1) is 29.4 Å². The highest BCUT2D eigenvalue weighted by atomic mass is 16.5. The zero-order chi connectivity index (χ0) is 20.2. The van der Waals surface area contributed by atoms with Gasteiger partial charge in [-0.2, -0.15) is 5.26 Å². The molecule has 2 amide bonds. The van der Waals surface area contributed by atoms with Gasteiger partial charge >= 0.3 is 0 Å². The SMILES string of the molecule is N#Cc1ccc(-c2ccc(OCCCN3C(=O)c4ccccc4C3=O)cc2)cc1. The van der Waals surface area contributed by atoms with Crippen molar-refractivity contribution in [3.63, 3.8) is 0 Å². The molecule has 142 valence electrons. The van der Waals surface area contributed by atoms with Crippen LogP contribution in [0.5, 0.6) is 5.75 Å². The maximum atomic E-state index is 12.3. The largest absolute Gasteiger partial charge is 0.494 e. The number of nitrogens with zero attached hydrogens (tertiary/aromatic N) is 2. The lowest BCUT2D eigenvalue weighted by atomic mass is 10.0. The molecule has 0 radical (unpaired) electrons. The quantitative estimate of drug-likeness (QED) is 0.471. The zero-order valence-corrected chi connectivity index (χ0v) is 15.7. The number of nitriles is 1. The third-order valence-electron chi connectivity index (χ3n) is 4.87. The minimum atomic E-state index is -0.239. The molecule has 1 heterocycles. The van der Waals surface area contributed by atoms with Crippen molar-refractivity contribution in [3.05, 3.63) is 89.5 Å². The first-order valence-corrected chi connectivity index (χ1v) is 9.36. The van der Waals surface area contributed by atoms with Crippen molar-refractivity contribution in [2.24, 2.45) is 0 Å². The summed E-state index contributed by atoms with van der Waals surface area (Å²) < 4.78 is 5.75. The molecule has 0 bridgehead atoms. The van der Waals surface area contributed by atoms with E-state index in [1.807, 2.05) is 36.4 Å². The third kappa shape index (κ3) is 3.74. The van der Waals surface area contributed by atoms with Gasteiger partial charge in [0, 0.05) is 6.54 Å². The Bertz CT molecular complexity index is 1060. The second-order valence-corrected chi connectivity index (χ2v) is 6.72. The fourth-order valence-corrected chi connectivity index (χ4v) is 3.34. The molecular formula is C24H18N2O3. The van der Waals surface area contributed by atoms with Crippen LogP contribution in [0.25, 0.3) is 11.1 Å². The minimum Gasteiger partial charge on any atom is -0.494 e.